The van der Waals surface area contributed by atoms with Crippen LogP contribution in [0.3, 0.4) is 0 Å². The van der Waals surface area contributed by atoms with E-state index < -0.39 is 9.84 Å². The third kappa shape index (κ3) is 5.52. The first-order valence-corrected chi connectivity index (χ1v) is 14.3. The number of aromatic nitrogens is 2. The van der Waals surface area contributed by atoms with Crippen molar-refractivity contribution >= 4 is 15.7 Å². The first-order valence-electron chi connectivity index (χ1n) is 12.6. The van der Waals surface area contributed by atoms with Crippen LogP contribution < -0.4 is 5.32 Å². The minimum atomic E-state index is -3.32. The summed E-state index contributed by atoms with van der Waals surface area (Å²) >= 11 is 0. The standard InChI is InChI=1S/C27H32N4O4S/c1-19-25(18-36(33,34)24-11-10-23(15-24)31-13-2-3-14-31)30-27(35-19)22-8-6-21(7-9-22)26(32)29-17-20-5-4-12-28-16-20/h4-9,12,16,23-24H,2-3,10-11,13-15,17-18H2,1H3,(H,29,32)/t23-,24+/m0/s1. The number of rotatable bonds is 8. The van der Waals surface area contributed by atoms with Gasteiger partial charge in [-0.2, -0.15) is 0 Å². The zero-order valence-electron chi connectivity index (χ0n) is 20.5. The second kappa shape index (κ2) is 10.5. The van der Waals surface area contributed by atoms with Crippen molar-refractivity contribution < 1.29 is 17.6 Å². The zero-order chi connectivity index (χ0) is 25.1. The lowest BCUT2D eigenvalue weighted by molar-refractivity contribution is 0.0951. The molecule has 0 radical (unpaired) electrons. The van der Waals surface area contributed by atoms with Crippen LogP contribution in [0.25, 0.3) is 11.5 Å². The maximum absolute atomic E-state index is 13.2. The summed E-state index contributed by atoms with van der Waals surface area (Å²) in [6, 6.07) is 11.1. The zero-order valence-corrected chi connectivity index (χ0v) is 21.3. The van der Waals surface area contributed by atoms with E-state index in [1.54, 1.807) is 43.6 Å². The Hall–Kier alpha value is -3.04. The number of sulfone groups is 1. The van der Waals surface area contributed by atoms with E-state index >= 15 is 0 Å². The highest BCUT2D eigenvalue weighted by atomic mass is 32.2. The van der Waals surface area contributed by atoms with E-state index in [4.69, 9.17) is 4.42 Å². The van der Waals surface area contributed by atoms with Gasteiger partial charge in [0, 0.05) is 36.1 Å². The lowest BCUT2D eigenvalue weighted by Gasteiger charge is -2.23. The molecule has 0 unspecified atom stereocenters. The summed E-state index contributed by atoms with van der Waals surface area (Å²) in [5, 5.41) is 2.56. The molecule has 1 saturated carbocycles. The van der Waals surface area contributed by atoms with Gasteiger partial charge in [0.05, 0.1) is 16.7 Å². The van der Waals surface area contributed by atoms with Gasteiger partial charge in [0.2, 0.25) is 5.89 Å². The van der Waals surface area contributed by atoms with Crippen molar-refractivity contribution in [2.75, 3.05) is 13.1 Å². The average molecular weight is 509 g/mol. The van der Waals surface area contributed by atoms with Crippen LogP contribution in [-0.2, 0) is 22.1 Å². The van der Waals surface area contributed by atoms with E-state index in [0.29, 0.717) is 41.1 Å². The van der Waals surface area contributed by atoms with Crippen molar-refractivity contribution in [1.82, 2.24) is 20.2 Å². The number of likely N-dealkylation sites (tertiary alicyclic amines) is 1. The lowest BCUT2D eigenvalue weighted by atomic mass is 10.1. The number of amides is 1. The van der Waals surface area contributed by atoms with E-state index in [1.807, 2.05) is 12.1 Å². The molecule has 190 valence electrons. The van der Waals surface area contributed by atoms with E-state index in [-0.39, 0.29) is 16.9 Å². The number of pyridine rings is 1. The molecule has 0 spiro atoms. The Labute approximate surface area is 212 Å². The minimum Gasteiger partial charge on any atom is -0.441 e. The summed E-state index contributed by atoms with van der Waals surface area (Å²) in [6.45, 7) is 4.33. The number of aryl methyl sites for hydroxylation is 1. The summed E-state index contributed by atoms with van der Waals surface area (Å²) in [5.41, 5.74) is 2.60. The van der Waals surface area contributed by atoms with Gasteiger partial charge >= 0.3 is 0 Å². The van der Waals surface area contributed by atoms with Crippen LogP contribution in [0.5, 0.6) is 0 Å². The second-order valence-corrected chi connectivity index (χ2v) is 12.1. The molecule has 2 fully saturated rings. The smallest absolute Gasteiger partial charge is 0.251 e. The number of hydrogen-bond acceptors (Lipinski definition) is 7. The molecule has 2 aliphatic rings. The predicted octanol–water partition coefficient (Wildman–Crippen LogP) is 3.91. The van der Waals surface area contributed by atoms with Crippen LogP contribution in [0, 0.1) is 6.92 Å². The Bertz CT molecular complexity index is 1300. The topological polar surface area (TPSA) is 105 Å². The molecule has 1 N–H and O–H groups in total. The summed E-state index contributed by atoms with van der Waals surface area (Å²) in [5.74, 6) is 0.584. The van der Waals surface area contributed by atoms with Crippen LogP contribution in [0.4, 0.5) is 0 Å². The van der Waals surface area contributed by atoms with E-state index in [1.165, 1.54) is 12.8 Å². The number of nitrogens with zero attached hydrogens (tertiary/aromatic N) is 3. The number of nitrogens with one attached hydrogen (secondary N) is 1. The molecule has 1 aliphatic carbocycles. The SMILES string of the molecule is Cc1oc(-c2ccc(C(=O)NCc3cccnc3)cc2)nc1CS(=O)(=O)[C@@H]1CC[C@H](N2CCCC2)C1. The molecule has 2 atom stereocenters. The Morgan fingerprint density at radius 2 is 1.92 bits per heavy atom. The molecule has 3 heterocycles. The molecule has 3 aromatic rings. The van der Waals surface area contributed by atoms with Crippen LogP contribution in [0.2, 0.25) is 0 Å². The van der Waals surface area contributed by atoms with E-state index in [0.717, 1.165) is 37.9 Å². The van der Waals surface area contributed by atoms with Gasteiger partial charge in [-0.05, 0) is 88.0 Å². The maximum atomic E-state index is 13.2. The fourth-order valence-corrected chi connectivity index (χ4v) is 7.12. The van der Waals surface area contributed by atoms with Crippen molar-refractivity contribution in [1.29, 1.82) is 0 Å². The third-order valence-electron chi connectivity index (χ3n) is 7.32. The largest absolute Gasteiger partial charge is 0.441 e. The van der Waals surface area contributed by atoms with Gasteiger partial charge in [0.1, 0.15) is 5.76 Å². The van der Waals surface area contributed by atoms with Gasteiger partial charge in [0.25, 0.3) is 5.91 Å². The molecule has 1 saturated heterocycles. The highest BCUT2D eigenvalue weighted by Gasteiger charge is 2.38. The van der Waals surface area contributed by atoms with Crippen LogP contribution >= 0.6 is 0 Å². The summed E-state index contributed by atoms with van der Waals surface area (Å²) in [7, 11) is -3.32. The summed E-state index contributed by atoms with van der Waals surface area (Å²) in [6.07, 6.45) is 8.22. The highest BCUT2D eigenvalue weighted by Crippen LogP contribution is 2.33. The molecule has 1 aromatic carbocycles. The molecule has 1 aliphatic heterocycles. The minimum absolute atomic E-state index is 0.103. The number of carbonyl (C=O) groups excluding carboxylic acids is 1. The Kier molecular flexibility index (Phi) is 7.20. The van der Waals surface area contributed by atoms with Crippen molar-refractivity contribution in [2.24, 2.45) is 0 Å². The maximum Gasteiger partial charge on any atom is 0.251 e. The number of hydrogen-bond donors (Lipinski definition) is 1. The predicted molar refractivity (Wildman–Crippen MR) is 137 cm³/mol. The number of benzene rings is 1. The third-order valence-corrected chi connectivity index (χ3v) is 9.44. The van der Waals surface area contributed by atoms with Crippen LogP contribution in [0.1, 0.15) is 59.5 Å². The Balaban J connectivity index is 1.21. The van der Waals surface area contributed by atoms with Gasteiger partial charge in [-0.15, -0.1) is 0 Å². The van der Waals surface area contributed by atoms with Crippen LogP contribution in [-0.4, -0.2) is 53.6 Å². The molecule has 0 bridgehead atoms. The molecule has 8 nitrogen and oxygen atoms in total. The van der Waals surface area contributed by atoms with Crippen molar-refractivity contribution in [2.45, 2.75) is 62.6 Å². The Morgan fingerprint density at radius 3 is 2.64 bits per heavy atom. The average Bonchev–Trinajstić information content (AvgIpc) is 3.65. The van der Waals surface area contributed by atoms with Crippen molar-refractivity contribution in [3.05, 3.63) is 71.4 Å². The van der Waals surface area contributed by atoms with Crippen LogP contribution in [0.15, 0.2) is 53.2 Å². The van der Waals surface area contributed by atoms with E-state index in [9.17, 15) is 13.2 Å². The number of oxazole rings is 1. The summed E-state index contributed by atoms with van der Waals surface area (Å²) < 4.78 is 32.2. The van der Waals surface area contributed by atoms with Gasteiger partial charge in [-0.3, -0.25) is 9.78 Å². The fraction of sp³-hybridized carbons (Fsp3) is 0.444. The van der Waals surface area contributed by atoms with Crippen molar-refractivity contribution in [3.63, 3.8) is 0 Å². The quantitative estimate of drug-likeness (QED) is 0.492. The molecule has 2 aromatic heterocycles. The first-order chi connectivity index (χ1) is 17.4. The molecular weight excluding hydrogens is 476 g/mol. The van der Waals surface area contributed by atoms with Crippen molar-refractivity contribution in [3.8, 4) is 11.5 Å². The molecular formula is C27H32N4O4S. The van der Waals surface area contributed by atoms with Gasteiger partial charge in [0.15, 0.2) is 9.84 Å². The first kappa shape index (κ1) is 24.6. The molecule has 5 rings (SSSR count). The second-order valence-electron chi connectivity index (χ2n) is 9.78. The Morgan fingerprint density at radius 1 is 1.14 bits per heavy atom. The van der Waals surface area contributed by atoms with E-state index in [2.05, 4.69) is 20.2 Å². The highest BCUT2D eigenvalue weighted by molar-refractivity contribution is 7.91. The monoisotopic (exact) mass is 508 g/mol. The van der Waals surface area contributed by atoms with Gasteiger partial charge in [-0.25, -0.2) is 13.4 Å². The molecule has 9 heteroatoms. The van der Waals surface area contributed by atoms with Gasteiger partial charge < -0.3 is 14.6 Å². The lowest BCUT2D eigenvalue weighted by Crippen LogP contribution is -2.32. The normalized spacial score (nSPS) is 20.6. The summed E-state index contributed by atoms with van der Waals surface area (Å²) in [4.78, 5) is 23.5. The molecule has 36 heavy (non-hydrogen) atoms. The molecule has 1 amide bonds. The number of carbonyl (C=O) groups is 1. The fourth-order valence-electron chi connectivity index (χ4n) is 5.23. The van der Waals surface area contributed by atoms with Gasteiger partial charge in [-0.1, -0.05) is 6.07 Å².